The minimum absolute atomic E-state index is 0.0971. The van der Waals surface area contributed by atoms with Crippen LogP contribution in [-0.2, 0) is 11.2 Å². The van der Waals surface area contributed by atoms with Crippen LogP contribution in [0.2, 0.25) is 0 Å². The van der Waals surface area contributed by atoms with Crippen molar-refractivity contribution in [3.8, 4) is 6.07 Å². The second-order valence-electron chi connectivity index (χ2n) is 4.00. The average molecular weight is 235 g/mol. The molecule has 0 bridgehead atoms. The molecule has 1 aromatic heterocycles. The predicted octanol–water partition coefficient (Wildman–Crippen LogP) is 1.37. The number of amides is 1. The quantitative estimate of drug-likeness (QED) is 0.795. The zero-order valence-corrected chi connectivity index (χ0v) is 9.96. The highest BCUT2D eigenvalue weighted by Crippen LogP contribution is 2.18. The molecule has 5 heteroatoms. The van der Waals surface area contributed by atoms with E-state index in [2.05, 4.69) is 11.1 Å². The summed E-state index contributed by atoms with van der Waals surface area (Å²) in [6, 6.07) is 2.15. The Bertz CT molecular complexity index is 435. The lowest BCUT2D eigenvalue weighted by Crippen LogP contribution is -2.27. The van der Waals surface area contributed by atoms with E-state index in [1.807, 2.05) is 12.3 Å². The van der Waals surface area contributed by atoms with Gasteiger partial charge in [0.25, 0.3) is 0 Å². The average Bonchev–Trinajstić information content (AvgIpc) is 2.82. The Labute approximate surface area is 98.5 Å². The summed E-state index contributed by atoms with van der Waals surface area (Å²) in [5, 5.41) is 11.8. The highest BCUT2D eigenvalue weighted by molar-refractivity contribution is 7.09. The lowest BCUT2D eigenvalue weighted by Gasteiger charge is -2.14. The molecule has 0 aromatic carbocycles. The summed E-state index contributed by atoms with van der Waals surface area (Å²) in [5.41, 5.74) is 1.03. The molecule has 2 heterocycles. The van der Waals surface area contributed by atoms with Gasteiger partial charge in [-0.1, -0.05) is 0 Å². The van der Waals surface area contributed by atoms with E-state index in [9.17, 15) is 4.79 Å². The molecule has 0 N–H and O–H groups in total. The largest absolute Gasteiger partial charge is 0.341 e. The van der Waals surface area contributed by atoms with Crippen molar-refractivity contribution in [3.05, 3.63) is 16.1 Å². The molecule has 0 aliphatic carbocycles. The third-order valence-electron chi connectivity index (χ3n) is 2.66. The number of carbonyl (C=O) groups excluding carboxylic acids is 1. The maximum atomic E-state index is 11.5. The minimum atomic E-state index is -0.120. The van der Waals surface area contributed by atoms with Crippen molar-refractivity contribution in [1.29, 1.82) is 5.26 Å². The molecule has 1 aliphatic rings. The predicted molar refractivity (Wildman–Crippen MR) is 60.9 cm³/mol. The number of carbonyl (C=O) groups is 1. The normalized spacial score (nSPS) is 20.1. The van der Waals surface area contributed by atoms with Crippen LogP contribution in [-0.4, -0.2) is 28.9 Å². The zero-order chi connectivity index (χ0) is 11.5. The highest BCUT2D eigenvalue weighted by Gasteiger charge is 2.28. The van der Waals surface area contributed by atoms with E-state index in [1.54, 1.807) is 16.2 Å². The molecule has 1 aliphatic heterocycles. The Morgan fingerprint density at radius 1 is 1.75 bits per heavy atom. The molecule has 1 unspecified atom stereocenters. The number of thiazole rings is 1. The molecule has 1 amide bonds. The van der Waals surface area contributed by atoms with Gasteiger partial charge in [0, 0.05) is 37.0 Å². The molecule has 1 atom stereocenters. The number of hydrogen-bond donors (Lipinski definition) is 0. The molecule has 1 fully saturated rings. The first-order chi connectivity index (χ1) is 7.69. The van der Waals surface area contributed by atoms with Gasteiger partial charge in [-0.05, 0) is 6.92 Å². The molecule has 0 spiro atoms. The van der Waals surface area contributed by atoms with Crippen molar-refractivity contribution < 1.29 is 4.79 Å². The smallest absolute Gasteiger partial charge is 0.224 e. The third-order valence-corrected chi connectivity index (χ3v) is 3.69. The van der Waals surface area contributed by atoms with Crippen molar-refractivity contribution in [2.24, 2.45) is 5.92 Å². The molecular weight excluding hydrogens is 222 g/mol. The van der Waals surface area contributed by atoms with Gasteiger partial charge in [0.05, 0.1) is 17.0 Å². The second kappa shape index (κ2) is 4.62. The van der Waals surface area contributed by atoms with E-state index >= 15 is 0 Å². The number of nitrogens with zero attached hydrogens (tertiary/aromatic N) is 3. The van der Waals surface area contributed by atoms with Gasteiger partial charge in [0.15, 0.2) is 0 Å². The molecule has 4 nitrogen and oxygen atoms in total. The van der Waals surface area contributed by atoms with E-state index in [4.69, 9.17) is 5.26 Å². The number of aromatic nitrogens is 1. The summed E-state index contributed by atoms with van der Waals surface area (Å²) >= 11 is 1.63. The van der Waals surface area contributed by atoms with Gasteiger partial charge >= 0.3 is 0 Å². The fourth-order valence-electron chi connectivity index (χ4n) is 1.82. The first kappa shape index (κ1) is 11.1. The summed E-state index contributed by atoms with van der Waals surface area (Å²) in [6.45, 7) is 3.23. The highest BCUT2D eigenvalue weighted by atomic mass is 32.1. The Morgan fingerprint density at radius 3 is 3.12 bits per heavy atom. The summed E-state index contributed by atoms with van der Waals surface area (Å²) in [4.78, 5) is 17.6. The number of rotatable bonds is 3. The third kappa shape index (κ3) is 2.39. The van der Waals surface area contributed by atoms with Gasteiger partial charge in [-0.25, -0.2) is 4.98 Å². The molecular formula is C11H13N3OS. The summed E-state index contributed by atoms with van der Waals surface area (Å²) in [7, 11) is 0. The Hall–Kier alpha value is -1.41. The lowest BCUT2D eigenvalue weighted by molar-refractivity contribution is -0.127. The molecule has 2 rings (SSSR count). The van der Waals surface area contributed by atoms with Crippen LogP contribution in [0.3, 0.4) is 0 Å². The summed E-state index contributed by atoms with van der Waals surface area (Å²) in [6.07, 6.45) is 1.18. The van der Waals surface area contributed by atoms with E-state index in [0.29, 0.717) is 19.5 Å². The standard InChI is InChI=1S/C11H13N3OS/c1-8-7-16-10(13-8)2-3-14-6-9(5-12)4-11(14)15/h7,9H,2-4,6H2,1H3. The van der Waals surface area contributed by atoms with Crippen molar-refractivity contribution in [1.82, 2.24) is 9.88 Å². The fourth-order valence-corrected chi connectivity index (χ4v) is 2.59. The van der Waals surface area contributed by atoms with E-state index in [0.717, 1.165) is 17.1 Å². The van der Waals surface area contributed by atoms with Crippen molar-refractivity contribution in [2.75, 3.05) is 13.1 Å². The lowest BCUT2D eigenvalue weighted by atomic mass is 10.1. The van der Waals surface area contributed by atoms with Gasteiger partial charge in [0.2, 0.25) is 5.91 Å². The van der Waals surface area contributed by atoms with Gasteiger partial charge in [-0.15, -0.1) is 11.3 Å². The number of nitriles is 1. The minimum Gasteiger partial charge on any atom is -0.341 e. The Morgan fingerprint density at radius 2 is 2.56 bits per heavy atom. The van der Waals surface area contributed by atoms with Crippen LogP contribution in [0.25, 0.3) is 0 Å². The first-order valence-electron chi connectivity index (χ1n) is 5.27. The van der Waals surface area contributed by atoms with Crippen LogP contribution < -0.4 is 0 Å². The van der Waals surface area contributed by atoms with Crippen LogP contribution in [0.1, 0.15) is 17.1 Å². The SMILES string of the molecule is Cc1csc(CCN2CC(C#N)CC2=O)n1. The van der Waals surface area contributed by atoms with E-state index < -0.39 is 0 Å². The molecule has 1 aromatic rings. The number of hydrogen-bond acceptors (Lipinski definition) is 4. The number of likely N-dealkylation sites (tertiary alicyclic amines) is 1. The maximum absolute atomic E-state index is 11.5. The molecule has 1 saturated heterocycles. The van der Waals surface area contributed by atoms with Crippen LogP contribution in [0.15, 0.2) is 5.38 Å². The van der Waals surface area contributed by atoms with Crippen LogP contribution >= 0.6 is 11.3 Å². The molecule has 0 saturated carbocycles. The van der Waals surface area contributed by atoms with Crippen molar-refractivity contribution in [2.45, 2.75) is 19.8 Å². The second-order valence-corrected chi connectivity index (χ2v) is 4.95. The number of aryl methyl sites for hydroxylation is 1. The van der Waals surface area contributed by atoms with Crippen LogP contribution in [0.4, 0.5) is 0 Å². The Balaban J connectivity index is 1.87. The molecule has 16 heavy (non-hydrogen) atoms. The topological polar surface area (TPSA) is 57.0 Å². The van der Waals surface area contributed by atoms with Gasteiger partial charge < -0.3 is 4.90 Å². The van der Waals surface area contributed by atoms with E-state index in [-0.39, 0.29) is 11.8 Å². The first-order valence-corrected chi connectivity index (χ1v) is 6.15. The van der Waals surface area contributed by atoms with Crippen molar-refractivity contribution in [3.63, 3.8) is 0 Å². The summed E-state index contributed by atoms with van der Waals surface area (Å²) in [5.74, 6) is -0.0228. The van der Waals surface area contributed by atoms with Gasteiger partial charge in [-0.3, -0.25) is 4.79 Å². The van der Waals surface area contributed by atoms with Gasteiger partial charge in [0.1, 0.15) is 0 Å². The summed E-state index contributed by atoms with van der Waals surface area (Å²) < 4.78 is 0. The molecule has 84 valence electrons. The van der Waals surface area contributed by atoms with Gasteiger partial charge in [-0.2, -0.15) is 5.26 Å². The molecule has 0 radical (unpaired) electrons. The maximum Gasteiger partial charge on any atom is 0.224 e. The Kier molecular flexibility index (Phi) is 3.20. The van der Waals surface area contributed by atoms with Crippen LogP contribution in [0.5, 0.6) is 0 Å². The fraction of sp³-hybridized carbons (Fsp3) is 0.545. The zero-order valence-electron chi connectivity index (χ0n) is 9.14. The van der Waals surface area contributed by atoms with Crippen molar-refractivity contribution >= 4 is 17.2 Å². The van der Waals surface area contributed by atoms with E-state index in [1.165, 1.54) is 0 Å². The monoisotopic (exact) mass is 235 g/mol. The van der Waals surface area contributed by atoms with Crippen LogP contribution in [0, 0.1) is 24.2 Å².